The first kappa shape index (κ1) is 25.0. The Kier molecular flexibility index (Phi) is 9.34. The van der Waals surface area contributed by atoms with Crippen molar-refractivity contribution in [1.29, 1.82) is 0 Å². The van der Waals surface area contributed by atoms with Crippen LogP contribution in [-0.4, -0.2) is 83.1 Å². The smallest absolute Gasteiger partial charge is 0.243 e. The van der Waals surface area contributed by atoms with Gasteiger partial charge in [0.25, 0.3) is 0 Å². The SMILES string of the molecule is COc1ccc(S(=O)(=O)N2CCOCC2)cc1CCC(=O)NCCCN1CCCC(C)C1. The van der Waals surface area contributed by atoms with Crippen molar-refractivity contribution in [2.24, 2.45) is 5.92 Å². The van der Waals surface area contributed by atoms with E-state index in [0.717, 1.165) is 37.5 Å². The largest absolute Gasteiger partial charge is 0.496 e. The van der Waals surface area contributed by atoms with Crippen LogP contribution in [0.4, 0.5) is 0 Å². The molecule has 0 aliphatic carbocycles. The summed E-state index contributed by atoms with van der Waals surface area (Å²) in [4.78, 5) is 15.0. The Hall–Kier alpha value is -1.68. The van der Waals surface area contributed by atoms with Crippen LogP contribution in [0.2, 0.25) is 0 Å². The summed E-state index contributed by atoms with van der Waals surface area (Å²) in [6.07, 6.45) is 4.22. The van der Waals surface area contributed by atoms with Gasteiger partial charge in [-0.05, 0) is 68.5 Å². The Morgan fingerprint density at radius 1 is 1.25 bits per heavy atom. The molecule has 3 rings (SSSR count). The molecular formula is C23H37N3O5S. The Balaban J connectivity index is 1.50. The predicted octanol–water partition coefficient (Wildman–Crippen LogP) is 1.89. The summed E-state index contributed by atoms with van der Waals surface area (Å²) < 4.78 is 38.0. The fourth-order valence-electron chi connectivity index (χ4n) is 4.40. The molecule has 1 amide bonds. The molecule has 1 aromatic rings. The monoisotopic (exact) mass is 467 g/mol. The molecule has 0 bridgehead atoms. The highest BCUT2D eigenvalue weighted by Gasteiger charge is 2.27. The fourth-order valence-corrected chi connectivity index (χ4v) is 5.86. The van der Waals surface area contributed by atoms with Gasteiger partial charge in [0.15, 0.2) is 0 Å². The van der Waals surface area contributed by atoms with Gasteiger partial charge in [-0.1, -0.05) is 6.92 Å². The van der Waals surface area contributed by atoms with Gasteiger partial charge in [0, 0.05) is 32.6 Å². The molecule has 0 saturated carbocycles. The van der Waals surface area contributed by atoms with E-state index in [2.05, 4.69) is 17.1 Å². The van der Waals surface area contributed by atoms with Crippen LogP contribution in [0.5, 0.6) is 5.75 Å². The third-order valence-corrected chi connectivity index (χ3v) is 8.09. The van der Waals surface area contributed by atoms with E-state index in [1.54, 1.807) is 25.3 Å². The number of hydrogen-bond acceptors (Lipinski definition) is 6. The number of ether oxygens (including phenoxy) is 2. The summed E-state index contributed by atoms with van der Waals surface area (Å²) in [6, 6.07) is 4.86. The van der Waals surface area contributed by atoms with Crippen LogP contribution in [0.3, 0.4) is 0 Å². The highest BCUT2D eigenvalue weighted by molar-refractivity contribution is 7.89. The minimum absolute atomic E-state index is 0.0273. The number of nitrogens with one attached hydrogen (secondary N) is 1. The number of likely N-dealkylation sites (tertiary alicyclic amines) is 1. The molecule has 1 N–H and O–H groups in total. The summed E-state index contributed by atoms with van der Waals surface area (Å²) in [5, 5.41) is 2.99. The number of rotatable bonds is 10. The van der Waals surface area contributed by atoms with Crippen LogP contribution in [-0.2, 0) is 26.0 Å². The maximum absolute atomic E-state index is 12.9. The van der Waals surface area contributed by atoms with Gasteiger partial charge < -0.3 is 19.7 Å². The van der Waals surface area contributed by atoms with Crippen molar-refractivity contribution in [1.82, 2.24) is 14.5 Å². The predicted molar refractivity (Wildman–Crippen MR) is 123 cm³/mol. The molecule has 8 nitrogen and oxygen atoms in total. The Labute approximate surface area is 192 Å². The van der Waals surface area contributed by atoms with Gasteiger partial charge in [-0.25, -0.2) is 8.42 Å². The summed E-state index contributed by atoms with van der Waals surface area (Å²) in [5.41, 5.74) is 0.722. The van der Waals surface area contributed by atoms with Crippen molar-refractivity contribution in [2.45, 2.75) is 43.9 Å². The molecule has 2 saturated heterocycles. The Morgan fingerprint density at radius 2 is 2.03 bits per heavy atom. The van der Waals surface area contributed by atoms with E-state index < -0.39 is 10.0 Å². The molecular weight excluding hydrogens is 430 g/mol. The standard InChI is InChI=1S/C23H37N3O5S/c1-19-5-3-11-25(18-19)12-4-10-24-23(27)9-6-20-17-21(7-8-22(20)30-2)32(28,29)26-13-15-31-16-14-26/h7-8,17,19H,3-6,9-16,18H2,1-2H3,(H,24,27). The molecule has 0 radical (unpaired) electrons. The highest BCUT2D eigenvalue weighted by atomic mass is 32.2. The lowest BCUT2D eigenvalue weighted by atomic mass is 10.0. The van der Waals surface area contributed by atoms with Gasteiger partial charge >= 0.3 is 0 Å². The van der Waals surface area contributed by atoms with Gasteiger partial charge in [-0.3, -0.25) is 4.79 Å². The van der Waals surface area contributed by atoms with Gasteiger partial charge in [0.2, 0.25) is 15.9 Å². The highest BCUT2D eigenvalue weighted by Crippen LogP contribution is 2.26. The lowest BCUT2D eigenvalue weighted by Gasteiger charge is -2.30. The minimum atomic E-state index is -3.59. The number of carbonyl (C=O) groups excluding carboxylic acids is 1. The molecule has 0 spiro atoms. The number of sulfonamides is 1. The second-order valence-electron chi connectivity index (χ2n) is 8.74. The topological polar surface area (TPSA) is 88.2 Å². The van der Waals surface area contributed by atoms with Gasteiger partial charge in [0.05, 0.1) is 25.2 Å². The number of nitrogens with zero attached hydrogens (tertiary/aromatic N) is 2. The molecule has 2 heterocycles. The van der Waals surface area contributed by atoms with Crippen LogP contribution >= 0.6 is 0 Å². The average molecular weight is 468 g/mol. The minimum Gasteiger partial charge on any atom is -0.496 e. The summed E-state index contributed by atoms with van der Waals surface area (Å²) >= 11 is 0. The Morgan fingerprint density at radius 3 is 2.75 bits per heavy atom. The zero-order chi connectivity index (χ0) is 23.0. The maximum atomic E-state index is 12.9. The van der Waals surface area contributed by atoms with E-state index in [1.165, 1.54) is 17.1 Å². The van der Waals surface area contributed by atoms with Gasteiger partial charge in [-0.2, -0.15) is 4.31 Å². The zero-order valence-corrected chi connectivity index (χ0v) is 20.2. The first-order valence-electron chi connectivity index (χ1n) is 11.6. The third kappa shape index (κ3) is 6.91. The van der Waals surface area contributed by atoms with Crippen LogP contribution < -0.4 is 10.1 Å². The molecule has 180 valence electrons. The van der Waals surface area contributed by atoms with Gasteiger partial charge in [-0.15, -0.1) is 0 Å². The van der Waals surface area contributed by atoms with Crippen LogP contribution in [0.25, 0.3) is 0 Å². The normalized spacial score (nSPS) is 20.8. The van der Waals surface area contributed by atoms with Crippen molar-refractivity contribution in [2.75, 3.05) is 59.6 Å². The molecule has 32 heavy (non-hydrogen) atoms. The van der Waals surface area contributed by atoms with E-state index in [4.69, 9.17) is 9.47 Å². The average Bonchev–Trinajstić information content (AvgIpc) is 2.81. The summed E-state index contributed by atoms with van der Waals surface area (Å²) in [7, 11) is -2.04. The second kappa shape index (κ2) is 12.0. The third-order valence-electron chi connectivity index (χ3n) is 6.20. The number of aryl methyl sites for hydroxylation is 1. The zero-order valence-electron chi connectivity index (χ0n) is 19.3. The van der Waals surface area contributed by atoms with Crippen LogP contribution in [0.1, 0.15) is 38.2 Å². The molecule has 1 aromatic carbocycles. The number of benzene rings is 1. The van der Waals surface area contributed by atoms with E-state index >= 15 is 0 Å². The molecule has 1 atom stereocenters. The maximum Gasteiger partial charge on any atom is 0.243 e. The van der Waals surface area contributed by atoms with E-state index in [-0.39, 0.29) is 17.2 Å². The quantitative estimate of drug-likeness (QED) is 0.529. The van der Waals surface area contributed by atoms with Crippen LogP contribution in [0.15, 0.2) is 23.1 Å². The lowest BCUT2D eigenvalue weighted by molar-refractivity contribution is -0.121. The Bertz CT molecular complexity index is 855. The first-order chi connectivity index (χ1) is 15.4. The van der Waals surface area contributed by atoms with Crippen molar-refractivity contribution >= 4 is 15.9 Å². The second-order valence-corrected chi connectivity index (χ2v) is 10.7. The molecule has 9 heteroatoms. The van der Waals surface area contributed by atoms with Crippen molar-refractivity contribution in [3.63, 3.8) is 0 Å². The lowest BCUT2D eigenvalue weighted by Crippen LogP contribution is -2.40. The van der Waals surface area contributed by atoms with Crippen molar-refractivity contribution < 1.29 is 22.7 Å². The van der Waals surface area contributed by atoms with E-state index in [0.29, 0.717) is 45.0 Å². The number of hydrogen-bond donors (Lipinski definition) is 1. The number of carbonyl (C=O) groups is 1. The molecule has 1 unspecified atom stereocenters. The molecule has 2 fully saturated rings. The van der Waals surface area contributed by atoms with E-state index in [1.807, 2.05) is 0 Å². The number of morpholine rings is 1. The molecule has 2 aliphatic heterocycles. The van der Waals surface area contributed by atoms with Gasteiger partial charge in [0.1, 0.15) is 5.75 Å². The van der Waals surface area contributed by atoms with E-state index in [9.17, 15) is 13.2 Å². The van der Waals surface area contributed by atoms with Crippen molar-refractivity contribution in [3.05, 3.63) is 23.8 Å². The number of piperidine rings is 1. The van der Waals surface area contributed by atoms with Crippen LogP contribution in [0, 0.1) is 5.92 Å². The molecule has 0 aromatic heterocycles. The number of methoxy groups -OCH3 is 1. The fraction of sp³-hybridized carbons (Fsp3) is 0.696. The van der Waals surface area contributed by atoms with Crippen molar-refractivity contribution in [3.8, 4) is 5.75 Å². The summed E-state index contributed by atoms with van der Waals surface area (Å²) in [5.74, 6) is 1.33. The molecule has 2 aliphatic rings. The summed E-state index contributed by atoms with van der Waals surface area (Å²) in [6.45, 7) is 7.78. The first-order valence-corrected chi connectivity index (χ1v) is 13.1. The number of amides is 1.